The van der Waals surface area contributed by atoms with E-state index in [0.29, 0.717) is 23.3 Å². The highest BCUT2D eigenvalue weighted by atomic mass is 35.5. The summed E-state index contributed by atoms with van der Waals surface area (Å²) in [4.78, 5) is 14.9. The molecule has 2 aromatic heterocycles. The third-order valence-corrected chi connectivity index (χ3v) is 3.78. The predicted molar refractivity (Wildman–Crippen MR) is 79.1 cm³/mol. The van der Waals surface area contributed by atoms with Crippen LogP contribution in [0.15, 0.2) is 18.6 Å². The molecule has 0 fully saturated rings. The SMILES string of the molecule is COc1ncc(N2CCc3ncnc(OC)c3C2)cc1Cl. The number of ether oxygens (including phenoxy) is 2. The summed E-state index contributed by atoms with van der Waals surface area (Å²) < 4.78 is 10.4. The Balaban J connectivity index is 1.90. The summed E-state index contributed by atoms with van der Waals surface area (Å²) in [5.41, 5.74) is 2.99. The van der Waals surface area contributed by atoms with Gasteiger partial charge >= 0.3 is 0 Å². The van der Waals surface area contributed by atoms with Gasteiger partial charge in [-0.3, -0.25) is 0 Å². The van der Waals surface area contributed by atoms with Crippen LogP contribution in [0.1, 0.15) is 11.3 Å². The fraction of sp³-hybridized carbons (Fsp3) is 0.357. The second kappa shape index (κ2) is 5.73. The molecule has 0 spiro atoms. The highest BCUT2D eigenvalue weighted by molar-refractivity contribution is 6.32. The third-order valence-electron chi connectivity index (χ3n) is 3.51. The maximum Gasteiger partial charge on any atom is 0.232 e. The molecule has 0 bridgehead atoms. The van der Waals surface area contributed by atoms with E-state index in [9.17, 15) is 0 Å². The molecule has 7 heteroatoms. The fourth-order valence-electron chi connectivity index (χ4n) is 2.45. The Morgan fingerprint density at radius 3 is 2.67 bits per heavy atom. The number of pyridine rings is 1. The molecule has 2 aromatic rings. The lowest BCUT2D eigenvalue weighted by molar-refractivity contribution is 0.387. The molecule has 6 nitrogen and oxygen atoms in total. The van der Waals surface area contributed by atoms with Gasteiger partial charge in [-0.05, 0) is 6.07 Å². The van der Waals surface area contributed by atoms with Gasteiger partial charge in [0.15, 0.2) is 0 Å². The van der Waals surface area contributed by atoms with Crippen LogP contribution in [0.3, 0.4) is 0 Å². The number of hydrogen-bond donors (Lipinski definition) is 0. The van der Waals surface area contributed by atoms with Crippen LogP contribution in [0.5, 0.6) is 11.8 Å². The molecule has 0 radical (unpaired) electrons. The maximum absolute atomic E-state index is 6.14. The van der Waals surface area contributed by atoms with Crippen molar-refractivity contribution >= 4 is 17.3 Å². The Morgan fingerprint density at radius 2 is 1.95 bits per heavy atom. The van der Waals surface area contributed by atoms with Gasteiger partial charge in [-0.15, -0.1) is 0 Å². The van der Waals surface area contributed by atoms with Crippen LogP contribution in [-0.2, 0) is 13.0 Å². The fourth-order valence-corrected chi connectivity index (χ4v) is 2.69. The molecule has 3 rings (SSSR count). The molecule has 0 unspecified atom stereocenters. The summed E-state index contributed by atoms with van der Waals surface area (Å²) in [6.45, 7) is 1.52. The number of nitrogens with zero attached hydrogens (tertiary/aromatic N) is 4. The number of aromatic nitrogens is 3. The Hall–Kier alpha value is -2.08. The zero-order valence-electron chi connectivity index (χ0n) is 11.8. The van der Waals surface area contributed by atoms with Crippen molar-refractivity contribution < 1.29 is 9.47 Å². The van der Waals surface area contributed by atoms with E-state index in [2.05, 4.69) is 19.9 Å². The molecule has 0 saturated heterocycles. The van der Waals surface area contributed by atoms with E-state index in [4.69, 9.17) is 21.1 Å². The Bertz CT molecular complexity index is 651. The van der Waals surface area contributed by atoms with Gasteiger partial charge in [0.25, 0.3) is 0 Å². The van der Waals surface area contributed by atoms with Crippen molar-refractivity contribution in [3.8, 4) is 11.8 Å². The first-order chi connectivity index (χ1) is 10.2. The van der Waals surface area contributed by atoms with Crippen LogP contribution >= 0.6 is 11.6 Å². The van der Waals surface area contributed by atoms with Gasteiger partial charge in [-0.1, -0.05) is 11.6 Å². The van der Waals surface area contributed by atoms with Gasteiger partial charge in [-0.2, -0.15) is 0 Å². The van der Waals surface area contributed by atoms with E-state index in [0.717, 1.165) is 29.9 Å². The van der Waals surface area contributed by atoms with Crippen LogP contribution < -0.4 is 14.4 Å². The van der Waals surface area contributed by atoms with Gasteiger partial charge in [0.1, 0.15) is 11.3 Å². The van der Waals surface area contributed by atoms with Crippen LogP contribution in [-0.4, -0.2) is 35.7 Å². The van der Waals surface area contributed by atoms with Gasteiger partial charge in [0.05, 0.1) is 43.9 Å². The van der Waals surface area contributed by atoms with Gasteiger partial charge in [0.2, 0.25) is 11.8 Å². The average molecular weight is 307 g/mol. The summed E-state index contributed by atoms with van der Waals surface area (Å²) in [5.74, 6) is 1.05. The normalized spacial score (nSPS) is 13.8. The number of halogens is 1. The molecule has 0 saturated carbocycles. The zero-order chi connectivity index (χ0) is 14.8. The second-order valence-corrected chi connectivity index (χ2v) is 5.07. The lowest BCUT2D eigenvalue weighted by Crippen LogP contribution is -2.31. The van der Waals surface area contributed by atoms with Gasteiger partial charge in [0, 0.05) is 13.0 Å². The number of methoxy groups -OCH3 is 2. The van der Waals surface area contributed by atoms with Crippen molar-refractivity contribution in [2.24, 2.45) is 0 Å². The largest absolute Gasteiger partial charge is 0.481 e. The monoisotopic (exact) mass is 306 g/mol. The number of fused-ring (bicyclic) bond motifs is 1. The number of hydrogen-bond acceptors (Lipinski definition) is 6. The van der Waals surface area contributed by atoms with E-state index in [1.807, 2.05) is 6.07 Å². The summed E-state index contributed by atoms with van der Waals surface area (Å²) in [5, 5.41) is 0.497. The zero-order valence-corrected chi connectivity index (χ0v) is 12.6. The van der Waals surface area contributed by atoms with E-state index in [1.165, 1.54) is 0 Å². The lowest BCUT2D eigenvalue weighted by Gasteiger charge is -2.30. The summed E-state index contributed by atoms with van der Waals surface area (Å²) in [6.07, 6.45) is 4.13. The molecule has 0 amide bonds. The molecule has 110 valence electrons. The highest BCUT2D eigenvalue weighted by Crippen LogP contribution is 2.31. The second-order valence-electron chi connectivity index (χ2n) is 4.66. The van der Waals surface area contributed by atoms with E-state index in [-0.39, 0.29) is 0 Å². The van der Waals surface area contributed by atoms with Crippen molar-refractivity contribution in [3.63, 3.8) is 0 Å². The minimum absolute atomic E-state index is 0.429. The van der Waals surface area contributed by atoms with Crippen LogP contribution in [0, 0.1) is 0 Å². The van der Waals surface area contributed by atoms with Crippen molar-refractivity contribution in [3.05, 3.63) is 34.9 Å². The first-order valence-electron chi connectivity index (χ1n) is 6.54. The Labute approximate surface area is 127 Å². The molecule has 0 N–H and O–H groups in total. The molecule has 3 heterocycles. The third kappa shape index (κ3) is 2.58. The summed E-state index contributed by atoms with van der Waals surface area (Å²) in [7, 11) is 3.17. The van der Waals surface area contributed by atoms with Gasteiger partial charge in [-0.25, -0.2) is 15.0 Å². The summed E-state index contributed by atoms with van der Waals surface area (Å²) in [6, 6.07) is 1.86. The molecule has 1 aliphatic heterocycles. The quantitative estimate of drug-likeness (QED) is 0.865. The molecular weight excluding hydrogens is 292 g/mol. The Morgan fingerprint density at radius 1 is 1.14 bits per heavy atom. The number of rotatable bonds is 3. The number of anilines is 1. The van der Waals surface area contributed by atoms with Crippen LogP contribution in [0.25, 0.3) is 0 Å². The predicted octanol–water partition coefficient (Wildman–Crippen LogP) is 2.10. The van der Waals surface area contributed by atoms with Crippen molar-refractivity contribution in [2.45, 2.75) is 13.0 Å². The molecular formula is C14H15ClN4O2. The molecule has 0 atom stereocenters. The minimum Gasteiger partial charge on any atom is -0.481 e. The standard InChI is InChI=1S/C14H15ClN4O2/c1-20-13-10-7-19(4-3-12(10)17-8-18-13)9-5-11(15)14(21-2)16-6-9/h5-6,8H,3-4,7H2,1-2H3. The van der Waals surface area contributed by atoms with Crippen LogP contribution in [0.4, 0.5) is 5.69 Å². The molecule has 0 aliphatic carbocycles. The summed E-state index contributed by atoms with van der Waals surface area (Å²) >= 11 is 6.14. The van der Waals surface area contributed by atoms with Gasteiger partial charge < -0.3 is 14.4 Å². The minimum atomic E-state index is 0.429. The molecule has 21 heavy (non-hydrogen) atoms. The molecule has 1 aliphatic rings. The first kappa shape index (κ1) is 13.9. The average Bonchev–Trinajstić information content (AvgIpc) is 2.53. The van der Waals surface area contributed by atoms with Crippen LogP contribution in [0.2, 0.25) is 5.02 Å². The maximum atomic E-state index is 6.14. The highest BCUT2D eigenvalue weighted by Gasteiger charge is 2.22. The van der Waals surface area contributed by atoms with E-state index >= 15 is 0 Å². The smallest absolute Gasteiger partial charge is 0.232 e. The lowest BCUT2D eigenvalue weighted by atomic mass is 10.1. The van der Waals surface area contributed by atoms with Crippen molar-refractivity contribution in [1.29, 1.82) is 0 Å². The van der Waals surface area contributed by atoms with Crippen molar-refractivity contribution in [2.75, 3.05) is 25.7 Å². The first-order valence-corrected chi connectivity index (χ1v) is 6.92. The topological polar surface area (TPSA) is 60.4 Å². The van der Waals surface area contributed by atoms with E-state index < -0.39 is 0 Å². The Kier molecular flexibility index (Phi) is 3.79. The molecule has 0 aromatic carbocycles. The van der Waals surface area contributed by atoms with Crippen molar-refractivity contribution in [1.82, 2.24) is 15.0 Å². The van der Waals surface area contributed by atoms with E-state index in [1.54, 1.807) is 26.7 Å².